The molecule has 0 aliphatic rings. The highest BCUT2D eigenvalue weighted by atomic mass is 16.5. The van der Waals surface area contributed by atoms with Crippen LogP contribution in [0.25, 0.3) is 0 Å². The number of ether oxygens (including phenoxy) is 1. The molecule has 0 aliphatic heterocycles. The Labute approximate surface area is 161 Å². The van der Waals surface area contributed by atoms with Gasteiger partial charge in [0, 0.05) is 11.4 Å². The SMILES string of the molecule is C[C@@H](OC(=O)c1ccc(NC(=O)CC#N)cc1)C(=O)Nc1cccc(C#N)c1. The lowest BCUT2D eigenvalue weighted by molar-refractivity contribution is -0.123. The van der Waals surface area contributed by atoms with Crippen molar-refractivity contribution in [3.8, 4) is 12.1 Å². The van der Waals surface area contributed by atoms with Crippen LogP contribution in [0.2, 0.25) is 0 Å². The zero-order valence-corrected chi connectivity index (χ0v) is 14.9. The molecule has 2 aromatic carbocycles. The maximum absolute atomic E-state index is 12.2. The Morgan fingerprint density at radius 2 is 1.75 bits per heavy atom. The fourth-order valence-corrected chi connectivity index (χ4v) is 2.16. The molecule has 2 amide bonds. The summed E-state index contributed by atoms with van der Waals surface area (Å²) in [6.07, 6.45) is -1.33. The molecule has 0 aliphatic carbocycles. The smallest absolute Gasteiger partial charge is 0.338 e. The van der Waals surface area contributed by atoms with Crippen molar-refractivity contribution in [2.75, 3.05) is 10.6 Å². The summed E-state index contributed by atoms with van der Waals surface area (Å²) in [5, 5.41) is 22.4. The van der Waals surface area contributed by atoms with Crippen molar-refractivity contribution in [3.05, 3.63) is 59.7 Å². The third-order valence-electron chi connectivity index (χ3n) is 3.56. The number of nitrogens with one attached hydrogen (secondary N) is 2. The van der Waals surface area contributed by atoms with Gasteiger partial charge in [0.15, 0.2) is 6.10 Å². The summed E-state index contributed by atoms with van der Waals surface area (Å²) in [6.45, 7) is 1.43. The summed E-state index contributed by atoms with van der Waals surface area (Å²) >= 11 is 0. The Bertz CT molecular complexity index is 971. The van der Waals surface area contributed by atoms with Gasteiger partial charge in [0.25, 0.3) is 5.91 Å². The first-order valence-corrected chi connectivity index (χ1v) is 8.22. The standard InChI is InChI=1S/C20H16N4O4/c1-13(19(26)24-17-4-2-3-14(11-17)12-22)28-20(27)15-5-7-16(8-6-15)23-18(25)9-10-21/h2-8,11,13H,9H2,1H3,(H,23,25)(H,24,26)/t13-/m1/s1. The Morgan fingerprint density at radius 3 is 2.39 bits per heavy atom. The summed E-state index contributed by atoms with van der Waals surface area (Å²) in [4.78, 5) is 35.7. The zero-order chi connectivity index (χ0) is 20.5. The number of nitriles is 2. The molecule has 8 heteroatoms. The summed E-state index contributed by atoms with van der Waals surface area (Å²) in [5.41, 5.74) is 1.44. The molecule has 0 saturated heterocycles. The molecule has 0 heterocycles. The minimum atomic E-state index is -1.06. The van der Waals surface area contributed by atoms with Crippen molar-refractivity contribution in [2.45, 2.75) is 19.4 Å². The van der Waals surface area contributed by atoms with Gasteiger partial charge in [-0.3, -0.25) is 9.59 Å². The van der Waals surface area contributed by atoms with E-state index < -0.39 is 23.9 Å². The molecule has 8 nitrogen and oxygen atoms in total. The summed E-state index contributed by atoms with van der Waals surface area (Å²) in [5.74, 6) is -1.70. The van der Waals surface area contributed by atoms with E-state index in [9.17, 15) is 14.4 Å². The van der Waals surface area contributed by atoms with Crippen LogP contribution in [0.1, 0.15) is 29.3 Å². The minimum absolute atomic E-state index is 0.199. The van der Waals surface area contributed by atoms with Crippen LogP contribution >= 0.6 is 0 Å². The number of amides is 2. The molecular weight excluding hydrogens is 360 g/mol. The quantitative estimate of drug-likeness (QED) is 0.745. The third-order valence-corrected chi connectivity index (χ3v) is 3.56. The van der Waals surface area contributed by atoms with Crippen LogP contribution in [0.5, 0.6) is 0 Å². The number of nitrogens with zero attached hydrogens (tertiary/aromatic N) is 2. The first-order valence-electron chi connectivity index (χ1n) is 8.22. The van der Waals surface area contributed by atoms with E-state index in [4.69, 9.17) is 15.3 Å². The van der Waals surface area contributed by atoms with E-state index in [1.807, 2.05) is 6.07 Å². The van der Waals surface area contributed by atoms with Gasteiger partial charge >= 0.3 is 5.97 Å². The average molecular weight is 376 g/mol. The van der Waals surface area contributed by atoms with E-state index in [0.29, 0.717) is 16.9 Å². The van der Waals surface area contributed by atoms with Crippen molar-refractivity contribution in [1.82, 2.24) is 0 Å². The van der Waals surface area contributed by atoms with Gasteiger partial charge in [-0.15, -0.1) is 0 Å². The topological polar surface area (TPSA) is 132 Å². The zero-order valence-electron chi connectivity index (χ0n) is 14.9. The Hall–Kier alpha value is -4.17. The van der Waals surface area contributed by atoms with Crippen molar-refractivity contribution in [1.29, 1.82) is 10.5 Å². The minimum Gasteiger partial charge on any atom is -0.449 e. The Morgan fingerprint density at radius 1 is 1.04 bits per heavy atom. The molecule has 0 aromatic heterocycles. The lowest BCUT2D eigenvalue weighted by atomic mass is 10.2. The second kappa shape index (κ2) is 9.51. The lowest BCUT2D eigenvalue weighted by Crippen LogP contribution is -2.30. The van der Waals surface area contributed by atoms with Crippen LogP contribution < -0.4 is 10.6 Å². The van der Waals surface area contributed by atoms with Crippen LogP contribution in [0.3, 0.4) is 0 Å². The van der Waals surface area contributed by atoms with Crippen molar-refractivity contribution in [3.63, 3.8) is 0 Å². The molecule has 0 radical (unpaired) electrons. The number of rotatable bonds is 6. The van der Waals surface area contributed by atoms with E-state index in [1.165, 1.54) is 37.3 Å². The fraction of sp³-hybridized carbons (Fsp3) is 0.150. The van der Waals surface area contributed by atoms with Gasteiger partial charge in [-0.05, 0) is 49.4 Å². The lowest BCUT2D eigenvalue weighted by Gasteiger charge is -2.14. The van der Waals surface area contributed by atoms with E-state index in [0.717, 1.165) is 0 Å². The van der Waals surface area contributed by atoms with Crippen molar-refractivity contribution >= 4 is 29.2 Å². The second-order valence-corrected chi connectivity index (χ2v) is 5.69. The number of carbonyl (C=O) groups excluding carboxylic acids is 3. The molecule has 28 heavy (non-hydrogen) atoms. The summed E-state index contributed by atoms with van der Waals surface area (Å²) in [7, 11) is 0. The number of anilines is 2. The highest BCUT2D eigenvalue weighted by molar-refractivity contribution is 5.98. The highest BCUT2D eigenvalue weighted by Gasteiger charge is 2.19. The molecule has 2 aromatic rings. The van der Waals surface area contributed by atoms with Gasteiger partial charge in [0.05, 0.1) is 23.3 Å². The third kappa shape index (κ3) is 5.68. The normalized spacial score (nSPS) is 10.7. The van der Waals surface area contributed by atoms with Crippen LogP contribution in [0.15, 0.2) is 48.5 Å². The van der Waals surface area contributed by atoms with Crippen LogP contribution in [-0.2, 0) is 14.3 Å². The molecular formula is C20H16N4O4. The molecule has 0 unspecified atom stereocenters. The van der Waals surface area contributed by atoms with Crippen LogP contribution in [-0.4, -0.2) is 23.9 Å². The second-order valence-electron chi connectivity index (χ2n) is 5.69. The van der Waals surface area contributed by atoms with Crippen LogP contribution in [0.4, 0.5) is 11.4 Å². The maximum atomic E-state index is 12.2. The monoisotopic (exact) mass is 376 g/mol. The predicted molar refractivity (Wildman–Crippen MR) is 100.0 cm³/mol. The van der Waals surface area contributed by atoms with Gasteiger partial charge in [-0.25, -0.2) is 4.79 Å². The molecule has 2 rings (SSSR count). The first-order chi connectivity index (χ1) is 13.4. The molecule has 0 fully saturated rings. The summed E-state index contributed by atoms with van der Waals surface area (Å²) in [6, 6.07) is 15.9. The number of hydrogen-bond acceptors (Lipinski definition) is 6. The van der Waals surface area contributed by atoms with Gasteiger partial charge < -0.3 is 15.4 Å². The van der Waals surface area contributed by atoms with Crippen molar-refractivity contribution < 1.29 is 19.1 Å². The van der Waals surface area contributed by atoms with E-state index in [1.54, 1.807) is 24.3 Å². The van der Waals surface area contributed by atoms with Gasteiger partial charge in [-0.2, -0.15) is 10.5 Å². The Kier molecular flexibility index (Phi) is 6.84. The van der Waals surface area contributed by atoms with Crippen molar-refractivity contribution in [2.24, 2.45) is 0 Å². The highest BCUT2D eigenvalue weighted by Crippen LogP contribution is 2.13. The number of benzene rings is 2. The largest absolute Gasteiger partial charge is 0.449 e. The molecule has 0 saturated carbocycles. The average Bonchev–Trinajstić information content (AvgIpc) is 2.68. The van der Waals surface area contributed by atoms with Gasteiger partial charge in [0.2, 0.25) is 5.91 Å². The number of hydrogen-bond donors (Lipinski definition) is 2. The molecule has 140 valence electrons. The molecule has 1 atom stereocenters. The van der Waals surface area contributed by atoms with E-state index in [2.05, 4.69) is 10.6 Å². The van der Waals surface area contributed by atoms with Gasteiger partial charge in [-0.1, -0.05) is 6.07 Å². The first kappa shape index (κ1) is 20.1. The molecule has 0 spiro atoms. The predicted octanol–water partition coefficient (Wildman–Crippen LogP) is 2.59. The molecule has 2 N–H and O–H groups in total. The number of carbonyl (C=O) groups is 3. The van der Waals surface area contributed by atoms with Gasteiger partial charge in [0.1, 0.15) is 6.42 Å². The fourth-order valence-electron chi connectivity index (χ4n) is 2.16. The van der Waals surface area contributed by atoms with Crippen LogP contribution in [0, 0.1) is 22.7 Å². The summed E-state index contributed by atoms with van der Waals surface area (Å²) < 4.78 is 5.14. The molecule has 0 bridgehead atoms. The van der Waals surface area contributed by atoms with E-state index >= 15 is 0 Å². The van der Waals surface area contributed by atoms with E-state index in [-0.39, 0.29) is 12.0 Å². The number of esters is 1. The maximum Gasteiger partial charge on any atom is 0.338 e. The Balaban J connectivity index is 1.94.